The molecule has 14 heteroatoms. The highest BCUT2D eigenvalue weighted by Gasteiger charge is 2.39. The van der Waals surface area contributed by atoms with Crippen molar-refractivity contribution in [3.63, 3.8) is 0 Å². The number of nitrogens with one attached hydrogen (secondary N) is 2. The van der Waals surface area contributed by atoms with Crippen LogP contribution in [-0.4, -0.2) is 58.0 Å². The molecule has 1 fully saturated rings. The first-order chi connectivity index (χ1) is 25.3. The largest absolute Gasteiger partial charge is 0.490 e. The van der Waals surface area contributed by atoms with Gasteiger partial charge in [0.25, 0.3) is 0 Å². The lowest BCUT2D eigenvalue weighted by molar-refractivity contribution is -0.137. The summed E-state index contributed by atoms with van der Waals surface area (Å²) in [5.74, 6) is -3.33. The molecule has 0 saturated heterocycles. The van der Waals surface area contributed by atoms with E-state index in [1.54, 1.807) is 38.6 Å². The Morgan fingerprint density at radius 1 is 1.09 bits per heavy atom. The number of amides is 1. The molecule has 1 amide bonds. The fourth-order valence-corrected chi connectivity index (χ4v) is 7.62. The average Bonchev–Trinajstić information content (AvgIpc) is 3.57. The third-order valence-corrected chi connectivity index (χ3v) is 10.4. The van der Waals surface area contributed by atoms with E-state index in [1.165, 1.54) is 28.8 Å². The average molecular weight is 736 g/mol. The van der Waals surface area contributed by atoms with Gasteiger partial charge in [0, 0.05) is 62.1 Å². The number of imidazole rings is 1. The van der Waals surface area contributed by atoms with Gasteiger partial charge in [-0.25, -0.2) is 13.8 Å². The molecule has 0 atom stereocenters. The van der Waals surface area contributed by atoms with Gasteiger partial charge in [-0.15, -0.1) is 0 Å². The number of halogens is 5. The first-order valence-electron chi connectivity index (χ1n) is 17.4. The molecule has 2 N–H and O–H groups in total. The van der Waals surface area contributed by atoms with Gasteiger partial charge in [0.05, 0.1) is 35.0 Å². The third-order valence-electron chi connectivity index (χ3n) is 10.4. The second-order valence-corrected chi connectivity index (χ2v) is 13.6. The molecule has 0 radical (unpaired) electrons. The molecule has 2 aromatic carbocycles. The Hall–Kier alpha value is -5.08. The monoisotopic (exact) mass is 735 g/mol. The molecule has 0 bridgehead atoms. The highest BCUT2D eigenvalue weighted by Crippen LogP contribution is 2.49. The van der Waals surface area contributed by atoms with E-state index in [1.807, 2.05) is 0 Å². The van der Waals surface area contributed by atoms with Gasteiger partial charge < -0.3 is 29.1 Å². The molecule has 53 heavy (non-hydrogen) atoms. The Kier molecular flexibility index (Phi) is 9.62. The number of alkyl halides is 3. The minimum absolute atomic E-state index is 0.0123. The minimum atomic E-state index is -4.77. The molecule has 4 heterocycles. The maximum atomic E-state index is 15.4. The van der Waals surface area contributed by atoms with Crippen molar-refractivity contribution in [3.8, 4) is 16.9 Å². The van der Waals surface area contributed by atoms with Gasteiger partial charge in [0.1, 0.15) is 28.7 Å². The van der Waals surface area contributed by atoms with Gasteiger partial charge in [-0.05, 0) is 74.9 Å². The zero-order valence-corrected chi connectivity index (χ0v) is 29.6. The summed E-state index contributed by atoms with van der Waals surface area (Å²) in [6.07, 6.45) is 3.77. The van der Waals surface area contributed by atoms with E-state index in [-0.39, 0.29) is 64.3 Å². The van der Waals surface area contributed by atoms with Crippen molar-refractivity contribution in [2.24, 2.45) is 7.05 Å². The number of methoxy groups -OCH3 is 1. The molecule has 3 aromatic heterocycles. The number of ketones is 1. The van der Waals surface area contributed by atoms with Gasteiger partial charge in [-0.1, -0.05) is 12.1 Å². The first kappa shape index (κ1) is 36.3. The van der Waals surface area contributed by atoms with Crippen LogP contribution in [0.1, 0.15) is 64.2 Å². The molecular formula is C39H38F5N5O4. The fraction of sp³-hybridized carbons (Fsp3) is 0.359. The van der Waals surface area contributed by atoms with Crippen molar-refractivity contribution >= 4 is 33.9 Å². The Labute approximate surface area is 301 Å². The van der Waals surface area contributed by atoms with Crippen molar-refractivity contribution in [3.05, 3.63) is 94.1 Å². The van der Waals surface area contributed by atoms with Gasteiger partial charge in [-0.2, -0.15) is 13.2 Å². The normalized spacial score (nSPS) is 17.5. The topological polar surface area (TPSA) is 98.9 Å². The maximum absolute atomic E-state index is 15.4. The maximum Gasteiger partial charge on any atom is 0.417 e. The second kappa shape index (κ2) is 14.0. The summed E-state index contributed by atoms with van der Waals surface area (Å²) in [5, 5.41) is 5.55. The van der Waals surface area contributed by atoms with Crippen molar-refractivity contribution in [2.75, 3.05) is 25.6 Å². The number of hydrogen-bond donors (Lipinski definition) is 2. The summed E-state index contributed by atoms with van der Waals surface area (Å²) < 4.78 is 89.6. The summed E-state index contributed by atoms with van der Waals surface area (Å²) in [7, 11) is 3.33. The van der Waals surface area contributed by atoms with Crippen LogP contribution in [0.5, 0.6) is 5.75 Å². The number of ether oxygens (including phenoxy) is 2. The smallest absolute Gasteiger partial charge is 0.417 e. The summed E-state index contributed by atoms with van der Waals surface area (Å²) in [4.78, 5) is 31.1. The van der Waals surface area contributed by atoms with Crippen molar-refractivity contribution in [1.82, 2.24) is 19.3 Å². The highest BCUT2D eigenvalue weighted by atomic mass is 19.4. The van der Waals surface area contributed by atoms with Gasteiger partial charge >= 0.3 is 6.18 Å². The van der Waals surface area contributed by atoms with Crippen molar-refractivity contribution in [1.29, 1.82) is 0 Å². The number of carbonyl (C=O) groups excluding carboxylic acids is 2. The zero-order chi connectivity index (χ0) is 37.8. The van der Waals surface area contributed by atoms with E-state index in [2.05, 4.69) is 15.6 Å². The SMILES string of the molecule is COC1CCC(NC/C=C/C(=O)Nc2c(F)cc(C(=O)c3c(C)c4c5c(cccn35)-c3c(C(F)(F)F)cc5c(nc(C)n5C)c3OCC4)cc2F)CC1. The number of nitrogens with zero attached hydrogens (tertiary/aromatic N) is 3. The van der Waals surface area contributed by atoms with E-state index < -0.39 is 40.8 Å². The number of anilines is 1. The summed E-state index contributed by atoms with van der Waals surface area (Å²) in [6, 6.07) is 6.06. The Bertz CT molecular complexity index is 2280. The van der Waals surface area contributed by atoms with Gasteiger partial charge in [-0.3, -0.25) is 9.59 Å². The number of hydrogen-bond acceptors (Lipinski definition) is 6. The number of benzene rings is 2. The van der Waals surface area contributed by atoms with Crippen LogP contribution in [0.3, 0.4) is 0 Å². The lowest BCUT2D eigenvalue weighted by atomic mass is 9.93. The van der Waals surface area contributed by atoms with E-state index in [9.17, 15) is 22.8 Å². The lowest BCUT2D eigenvalue weighted by Gasteiger charge is -2.27. The molecule has 2 aliphatic rings. The number of fused-ring (bicyclic) bond motifs is 4. The zero-order valence-electron chi connectivity index (χ0n) is 29.6. The Balaban J connectivity index is 1.20. The van der Waals surface area contributed by atoms with E-state index in [0.29, 0.717) is 29.0 Å². The molecule has 1 saturated carbocycles. The highest BCUT2D eigenvalue weighted by molar-refractivity contribution is 6.11. The van der Waals surface area contributed by atoms with Crippen LogP contribution in [0, 0.1) is 25.5 Å². The molecule has 5 aromatic rings. The minimum Gasteiger partial charge on any atom is -0.490 e. The molecule has 0 unspecified atom stereocenters. The molecule has 9 nitrogen and oxygen atoms in total. The van der Waals surface area contributed by atoms with E-state index in [0.717, 1.165) is 43.9 Å². The summed E-state index contributed by atoms with van der Waals surface area (Å²) >= 11 is 0. The molecular weight excluding hydrogens is 697 g/mol. The second-order valence-electron chi connectivity index (χ2n) is 13.6. The Morgan fingerprint density at radius 2 is 1.81 bits per heavy atom. The number of rotatable bonds is 8. The van der Waals surface area contributed by atoms with Crippen LogP contribution in [0.15, 0.2) is 48.7 Å². The van der Waals surface area contributed by atoms with Crippen molar-refractivity contribution in [2.45, 2.75) is 64.3 Å². The number of carbonyl (C=O) groups is 2. The molecule has 7 rings (SSSR count). The molecule has 0 spiro atoms. The predicted octanol–water partition coefficient (Wildman–Crippen LogP) is 7.61. The summed E-state index contributed by atoms with van der Waals surface area (Å²) in [5.41, 5.74) is -0.0828. The predicted molar refractivity (Wildman–Crippen MR) is 189 cm³/mol. The van der Waals surface area contributed by atoms with E-state index in [4.69, 9.17) is 9.47 Å². The molecule has 1 aliphatic carbocycles. The lowest BCUT2D eigenvalue weighted by Crippen LogP contribution is -2.35. The standard InChI is InChI=1S/C39H38F5N5O4/c1-20-25-13-16-53-38-32(27(39(42,43)44)19-30-34(38)46-21(2)48(30)3)26-7-6-15-49(36(25)26)35(20)37(51)22-17-28(40)33(29(41)18-22)47-31(50)8-5-14-45-23-9-11-24(52-4)12-10-23/h5-8,15,17-19,23-24,45H,9-14,16H2,1-4H3,(H,47,50)/b8-5+. The van der Waals surface area contributed by atoms with E-state index >= 15 is 8.78 Å². The number of pyridine rings is 1. The quantitative estimate of drug-likeness (QED) is 0.0968. The first-order valence-corrected chi connectivity index (χ1v) is 17.4. The third kappa shape index (κ3) is 6.58. The van der Waals surface area contributed by atoms with Crippen LogP contribution in [-0.2, 0) is 29.2 Å². The van der Waals surface area contributed by atoms with Crippen LogP contribution < -0.4 is 15.4 Å². The number of aromatic nitrogens is 3. The van der Waals surface area contributed by atoms with Crippen LogP contribution in [0.4, 0.5) is 27.6 Å². The van der Waals surface area contributed by atoms with Gasteiger partial charge in [0.2, 0.25) is 11.7 Å². The van der Waals surface area contributed by atoms with Crippen LogP contribution >= 0.6 is 0 Å². The van der Waals surface area contributed by atoms with Crippen LogP contribution in [0.25, 0.3) is 27.7 Å². The van der Waals surface area contributed by atoms with Crippen LogP contribution in [0.2, 0.25) is 0 Å². The Morgan fingerprint density at radius 3 is 2.49 bits per heavy atom. The molecule has 1 aliphatic heterocycles. The summed E-state index contributed by atoms with van der Waals surface area (Å²) in [6.45, 7) is 3.71. The fourth-order valence-electron chi connectivity index (χ4n) is 7.62. The van der Waals surface area contributed by atoms with Gasteiger partial charge in [0.15, 0.2) is 5.75 Å². The molecule has 278 valence electrons. The van der Waals surface area contributed by atoms with Crippen molar-refractivity contribution < 1.29 is 41.0 Å². The number of aryl methyl sites for hydroxylation is 2.